The molecule has 90 valence electrons. The number of carbonyl (C=O) groups is 1. The zero-order valence-corrected chi connectivity index (χ0v) is 8.74. The Bertz CT molecular complexity index is 320. The van der Waals surface area contributed by atoms with E-state index in [0.29, 0.717) is 25.2 Å². The van der Waals surface area contributed by atoms with Crippen LogP contribution in [0, 0.1) is 0 Å². The first-order valence-corrected chi connectivity index (χ1v) is 5.20. The molecule has 0 aromatic carbocycles. The normalized spacial score (nSPS) is 35.4. The number of amides is 2. The van der Waals surface area contributed by atoms with Crippen LogP contribution in [0.1, 0.15) is 12.8 Å². The van der Waals surface area contributed by atoms with E-state index in [0.717, 1.165) is 0 Å². The number of nitrogens with two attached hydrogens (primary N) is 1. The average molecular weight is 229 g/mol. The molecule has 2 heterocycles. The molecule has 0 aliphatic carbocycles. The Balaban J connectivity index is 2.02. The third-order valence-electron chi connectivity index (χ3n) is 2.83. The Labute approximate surface area is 92.5 Å². The molecule has 0 radical (unpaired) electrons. The minimum atomic E-state index is -0.744. The van der Waals surface area contributed by atoms with Crippen molar-refractivity contribution in [1.82, 2.24) is 4.90 Å². The zero-order chi connectivity index (χ0) is 11.7. The van der Waals surface area contributed by atoms with Crippen molar-refractivity contribution in [2.24, 2.45) is 10.7 Å². The second kappa shape index (κ2) is 4.36. The monoisotopic (exact) mass is 229 g/mol. The van der Waals surface area contributed by atoms with Gasteiger partial charge in [-0.05, 0) is 0 Å². The molecule has 0 aromatic rings. The summed E-state index contributed by atoms with van der Waals surface area (Å²) in [4.78, 5) is 16.6. The van der Waals surface area contributed by atoms with Gasteiger partial charge in [0.1, 0.15) is 18.2 Å². The molecule has 0 spiro atoms. The SMILES string of the molecule is NC1=NC(=O)N(C2C[C@H](O)[C@@H](CO)O2)CC1. The lowest BCUT2D eigenvalue weighted by Gasteiger charge is -2.29. The molecule has 2 rings (SSSR count). The van der Waals surface area contributed by atoms with Gasteiger partial charge in [0.25, 0.3) is 0 Å². The van der Waals surface area contributed by atoms with Crippen LogP contribution in [0.15, 0.2) is 4.99 Å². The number of aliphatic hydroxyl groups excluding tert-OH is 2. The van der Waals surface area contributed by atoms with E-state index < -0.39 is 24.5 Å². The fraction of sp³-hybridized carbons (Fsp3) is 0.778. The molecule has 2 aliphatic heterocycles. The molecule has 2 amide bonds. The summed E-state index contributed by atoms with van der Waals surface area (Å²) in [5.41, 5.74) is 5.44. The van der Waals surface area contributed by atoms with Crippen molar-refractivity contribution in [3.63, 3.8) is 0 Å². The van der Waals surface area contributed by atoms with Crippen molar-refractivity contribution in [2.45, 2.75) is 31.3 Å². The molecule has 1 unspecified atom stereocenters. The van der Waals surface area contributed by atoms with Crippen molar-refractivity contribution in [3.05, 3.63) is 0 Å². The number of nitrogens with zero attached hydrogens (tertiary/aromatic N) is 2. The highest BCUT2D eigenvalue weighted by atomic mass is 16.5. The molecule has 7 nitrogen and oxygen atoms in total. The highest BCUT2D eigenvalue weighted by molar-refractivity contribution is 5.95. The van der Waals surface area contributed by atoms with Crippen LogP contribution < -0.4 is 5.73 Å². The predicted octanol–water partition coefficient (Wildman–Crippen LogP) is -1.36. The maximum atomic E-state index is 11.5. The summed E-state index contributed by atoms with van der Waals surface area (Å²) >= 11 is 0. The molecular weight excluding hydrogens is 214 g/mol. The molecule has 4 N–H and O–H groups in total. The average Bonchev–Trinajstić information content (AvgIpc) is 2.59. The van der Waals surface area contributed by atoms with E-state index in [9.17, 15) is 9.90 Å². The van der Waals surface area contributed by atoms with Crippen LogP contribution in [0.3, 0.4) is 0 Å². The number of urea groups is 1. The van der Waals surface area contributed by atoms with E-state index in [4.69, 9.17) is 15.6 Å². The molecule has 0 bridgehead atoms. The lowest BCUT2D eigenvalue weighted by molar-refractivity contribution is -0.0631. The molecule has 0 saturated carbocycles. The van der Waals surface area contributed by atoms with Crippen molar-refractivity contribution in [3.8, 4) is 0 Å². The molecule has 3 atom stereocenters. The van der Waals surface area contributed by atoms with Crippen molar-refractivity contribution < 1.29 is 19.7 Å². The number of ether oxygens (including phenoxy) is 1. The molecule has 16 heavy (non-hydrogen) atoms. The Morgan fingerprint density at radius 3 is 2.94 bits per heavy atom. The third kappa shape index (κ3) is 2.01. The van der Waals surface area contributed by atoms with Gasteiger partial charge in [0.05, 0.1) is 12.7 Å². The summed E-state index contributed by atoms with van der Waals surface area (Å²) in [5, 5.41) is 18.5. The number of carbonyl (C=O) groups excluding carboxylic acids is 1. The van der Waals surface area contributed by atoms with Crippen molar-refractivity contribution in [2.75, 3.05) is 13.2 Å². The van der Waals surface area contributed by atoms with Crippen LogP contribution in [0.5, 0.6) is 0 Å². The molecule has 1 fully saturated rings. The third-order valence-corrected chi connectivity index (χ3v) is 2.83. The fourth-order valence-corrected chi connectivity index (χ4v) is 1.91. The molecule has 0 aromatic heterocycles. The first kappa shape index (κ1) is 11.3. The second-order valence-corrected chi connectivity index (χ2v) is 3.94. The maximum Gasteiger partial charge on any atom is 0.347 e. The Kier molecular flexibility index (Phi) is 3.08. The van der Waals surface area contributed by atoms with E-state index in [-0.39, 0.29) is 6.61 Å². The summed E-state index contributed by atoms with van der Waals surface area (Å²) in [5.74, 6) is 0.318. The fourth-order valence-electron chi connectivity index (χ4n) is 1.91. The van der Waals surface area contributed by atoms with E-state index in [1.54, 1.807) is 0 Å². The van der Waals surface area contributed by atoms with E-state index in [1.165, 1.54) is 4.90 Å². The van der Waals surface area contributed by atoms with Gasteiger partial charge in [-0.25, -0.2) is 4.79 Å². The van der Waals surface area contributed by atoms with Crippen LogP contribution in [-0.2, 0) is 4.74 Å². The van der Waals surface area contributed by atoms with Gasteiger partial charge < -0.3 is 20.7 Å². The Morgan fingerprint density at radius 2 is 2.38 bits per heavy atom. The lowest BCUT2D eigenvalue weighted by Crippen LogP contribution is -2.44. The number of hydrogen-bond donors (Lipinski definition) is 3. The lowest BCUT2D eigenvalue weighted by atomic mass is 10.2. The molecule has 2 aliphatic rings. The summed E-state index contributed by atoms with van der Waals surface area (Å²) in [6.45, 7) is 0.175. The number of rotatable bonds is 2. The van der Waals surface area contributed by atoms with Gasteiger partial charge >= 0.3 is 6.03 Å². The van der Waals surface area contributed by atoms with E-state index in [1.807, 2.05) is 0 Å². The summed E-state index contributed by atoms with van der Waals surface area (Å²) < 4.78 is 5.36. The molecular formula is C9H15N3O4. The highest BCUT2D eigenvalue weighted by Crippen LogP contribution is 2.24. The number of hydrogen-bond acceptors (Lipinski definition) is 5. The standard InChI is InChI=1S/C9H15N3O4/c10-7-1-2-12(9(15)11-7)8-3-5(14)6(4-13)16-8/h5-6,8,13-14H,1-4H2,(H2,10,11,15)/t5-,6+,8?/m0/s1. The van der Waals surface area contributed by atoms with Gasteiger partial charge in [-0.15, -0.1) is 0 Å². The van der Waals surface area contributed by atoms with Crippen LogP contribution >= 0.6 is 0 Å². The van der Waals surface area contributed by atoms with E-state index >= 15 is 0 Å². The quantitative estimate of drug-likeness (QED) is 0.541. The summed E-state index contributed by atoms with van der Waals surface area (Å²) in [7, 11) is 0. The van der Waals surface area contributed by atoms with Crippen molar-refractivity contribution >= 4 is 11.9 Å². The van der Waals surface area contributed by atoms with Crippen LogP contribution in [0.25, 0.3) is 0 Å². The van der Waals surface area contributed by atoms with Crippen LogP contribution in [-0.4, -0.2) is 58.6 Å². The molecule has 7 heteroatoms. The molecule has 1 saturated heterocycles. The van der Waals surface area contributed by atoms with Crippen molar-refractivity contribution in [1.29, 1.82) is 0 Å². The van der Waals surface area contributed by atoms with Gasteiger partial charge in [-0.1, -0.05) is 0 Å². The Morgan fingerprint density at radius 1 is 1.62 bits per heavy atom. The zero-order valence-electron chi connectivity index (χ0n) is 8.74. The van der Waals surface area contributed by atoms with Crippen LogP contribution in [0.4, 0.5) is 4.79 Å². The largest absolute Gasteiger partial charge is 0.394 e. The number of aliphatic imine (C=N–C) groups is 1. The minimum absolute atomic E-state index is 0.259. The van der Waals surface area contributed by atoms with Gasteiger partial charge in [0.2, 0.25) is 0 Å². The maximum absolute atomic E-state index is 11.5. The van der Waals surface area contributed by atoms with Gasteiger partial charge in [-0.2, -0.15) is 4.99 Å². The van der Waals surface area contributed by atoms with Gasteiger partial charge in [0.15, 0.2) is 0 Å². The predicted molar refractivity (Wildman–Crippen MR) is 54.7 cm³/mol. The van der Waals surface area contributed by atoms with Gasteiger partial charge in [0, 0.05) is 19.4 Å². The smallest absolute Gasteiger partial charge is 0.347 e. The first-order valence-electron chi connectivity index (χ1n) is 5.20. The first-order chi connectivity index (χ1) is 7.61. The minimum Gasteiger partial charge on any atom is -0.394 e. The van der Waals surface area contributed by atoms with Crippen LogP contribution in [0.2, 0.25) is 0 Å². The highest BCUT2D eigenvalue weighted by Gasteiger charge is 2.39. The Hall–Kier alpha value is -1.18. The number of aliphatic hydroxyl groups is 2. The summed E-state index contributed by atoms with van der Waals surface area (Å²) in [6, 6.07) is -0.445. The van der Waals surface area contributed by atoms with E-state index in [2.05, 4.69) is 4.99 Å². The number of amidine groups is 1. The topological polar surface area (TPSA) is 108 Å². The second-order valence-electron chi connectivity index (χ2n) is 3.94. The summed E-state index contributed by atoms with van der Waals surface area (Å²) in [6.07, 6.45) is -1.08. The van der Waals surface area contributed by atoms with Gasteiger partial charge in [-0.3, -0.25) is 4.90 Å².